The molecule has 0 bridgehead atoms. The van der Waals surface area contributed by atoms with Gasteiger partial charge in [-0.1, -0.05) is 18.2 Å². The Balaban J connectivity index is 2.19. The number of amides is 1. The molecule has 116 valence electrons. The van der Waals surface area contributed by atoms with Gasteiger partial charge >= 0.3 is 0 Å². The second-order valence-corrected chi connectivity index (χ2v) is 6.00. The zero-order chi connectivity index (χ0) is 16.3. The molecule has 22 heavy (non-hydrogen) atoms. The summed E-state index contributed by atoms with van der Waals surface area (Å²) in [5.41, 5.74) is 1.25. The molecule has 4 heteroatoms. The van der Waals surface area contributed by atoms with E-state index in [1.807, 2.05) is 31.1 Å². The van der Waals surface area contributed by atoms with E-state index in [1.165, 1.54) is 6.07 Å². The molecule has 3 nitrogen and oxygen atoms in total. The number of halogens is 1. The first-order valence-corrected chi connectivity index (χ1v) is 7.16. The smallest absolute Gasteiger partial charge is 0.251 e. The third kappa shape index (κ3) is 3.45. The number of nitrogens with zero attached hydrogens (tertiary/aromatic N) is 1. The molecule has 0 aromatic heterocycles. The zero-order valence-corrected chi connectivity index (χ0v) is 13.4. The van der Waals surface area contributed by atoms with Gasteiger partial charge in [0.05, 0.1) is 5.54 Å². The van der Waals surface area contributed by atoms with Gasteiger partial charge in [-0.05, 0) is 44.2 Å². The highest BCUT2D eigenvalue weighted by Gasteiger charge is 2.26. The average Bonchev–Trinajstić information content (AvgIpc) is 2.47. The molecule has 0 aliphatic rings. The Hall–Kier alpha value is -2.36. The lowest BCUT2D eigenvalue weighted by Gasteiger charge is -2.27. The third-order valence-electron chi connectivity index (χ3n) is 3.62. The number of carbonyl (C=O) groups excluding carboxylic acids is 1. The van der Waals surface area contributed by atoms with Crippen molar-refractivity contribution in [1.82, 2.24) is 5.32 Å². The number of nitrogens with one attached hydrogen (secondary N) is 1. The van der Waals surface area contributed by atoms with Crippen LogP contribution in [0.5, 0.6) is 0 Å². The molecule has 0 fully saturated rings. The normalized spacial score (nSPS) is 11.1. The van der Waals surface area contributed by atoms with E-state index >= 15 is 0 Å². The van der Waals surface area contributed by atoms with Gasteiger partial charge in [-0.15, -0.1) is 0 Å². The Morgan fingerprint density at radius 3 is 2.18 bits per heavy atom. The molecular weight excluding hydrogens is 279 g/mol. The molecule has 0 unspecified atom stereocenters. The Morgan fingerprint density at radius 1 is 1.05 bits per heavy atom. The van der Waals surface area contributed by atoms with Crippen molar-refractivity contribution in [2.24, 2.45) is 0 Å². The molecule has 0 atom stereocenters. The van der Waals surface area contributed by atoms with Crippen LogP contribution in [0.1, 0.15) is 29.8 Å². The highest BCUT2D eigenvalue weighted by atomic mass is 19.1. The van der Waals surface area contributed by atoms with Gasteiger partial charge in [0.1, 0.15) is 5.82 Å². The van der Waals surface area contributed by atoms with Gasteiger partial charge in [0.15, 0.2) is 0 Å². The lowest BCUT2D eigenvalue weighted by atomic mass is 9.93. The second-order valence-electron chi connectivity index (χ2n) is 6.00. The molecule has 0 saturated carbocycles. The largest absolute Gasteiger partial charge is 0.378 e. The molecule has 2 rings (SSSR count). The van der Waals surface area contributed by atoms with Crippen molar-refractivity contribution in [2.75, 3.05) is 19.0 Å². The van der Waals surface area contributed by atoms with Crippen LogP contribution >= 0.6 is 0 Å². The molecule has 0 saturated heterocycles. The lowest BCUT2D eigenvalue weighted by Crippen LogP contribution is -2.41. The van der Waals surface area contributed by atoms with E-state index < -0.39 is 5.54 Å². The van der Waals surface area contributed by atoms with Gasteiger partial charge in [0.2, 0.25) is 0 Å². The van der Waals surface area contributed by atoms with Crippen LogP contribution in [0.3, 0.4) is 0 Å². The Kier molecular flexibility index (Phi) is 4.50. The summed E-state index contributed by atoms with van der Waals surface area (Å²) in [6, 6.07) is 13.8. The van der Waals surface area contributed by atoms with E-state index in [1.54, 1.807) is 44.2 Å². The van der Waals surface area contributed by atoms with Crippen LogP contribution in [-0.2, 0) is 5.54 Å². The van der Waals surface area contributed by atoms with Crippen LogP contribution in [0.25, 0.3) is 0 Å². The van der Waals surface area contributed by atoms with Crippen LogP contribution < -0.4 is 10.2 Å². The van der Waals surface area contributed by atoms with E-state index in [0.717, 1.165) is 5.69 Å². The van der Waals surface area contributed by atoms with E-state index in [-0.39, 0.29) is 11.7 Å². The summed E-state index contributed by atoms with van der Waals surface area (Å²) in [6.07, 6.45) is 0. The summed E-state index contributed by atoms with van der Waals surface area (Å²) in [6.45, 7) is 3.58. The van der Waals surface area contributed by atoms with E-state index in [4.69, 9.17) is 0 Å². The molecular formula is C18H21FN2O. The van der Waals surface area contributed by atoms with Crippen molar-refractivity contribution in [1.29, 1.82) is 0 Å². The zero-order valence-electron chi connectivity index (χ0n) is 13.4. The fourth-order valence-corrected chi connectivity index (χ4v) is 2.30. The molecule has 0 spiro atoms. The van der Waals surface area contributed by atoms with Crippen molar-refractivity contribution in [2.45, 2.75) is 19.4 Å². The summed E-state index contributed by atoms with van der Waals surface area (Å²) in [4.78, 5) is 14.3. The highest BCUT2D eigenvalue weighted by molar-refractivity contribution is 5.95. The number of hydrogen-bond acceptors (Lipinski definition) is 2. The first-order chi connectivity index (χ1) is 10.3. The molecule has 1 amide bonds. The van der Waals surface area contributed by atoms with Gasteiger partial charge in [0, 0.05) is 30.9 Å². The summed E-state index contributed by atoms with van der Waals surface area (Å²) < 4.78 is 13.9. The van der Waals surface area contributed by atoms with Gasteiger partial charge < -0.3 is 10.2 Å². The number of benzene rings is 2. The summed E-state index contributed by atoms with van der Waals surface area (Å²) in [5.74, 6) is -0.547. The maximum Gasteiger partial charge on any atom is 0.251 e. The Labute approximate surface area is 130 Å². The number of carbonyl (C=O) groups is 1. The minimum absolute atomic E-state index is 0.224. The van der Waals surface area contributed by atoms with Crippen molar-refractivity contribution < 1.29 is 9.18 Å². The third-order valence-corrected chi connectivity index (χ3v) is 3.62. The average molecular weight is 300 g/mol. The van der Waals surface area contributed by atoms with Crippen LogP contribution in [0.15, 0.2) is 48.5 Å². The van der Waals surface area contributed by atoms with Crippen molar-refractivity contribution in [3.8, 4) is 0 Å². The molecule has 0 radical (unpaired) electrons. The molecule has 2 aromatic carbocycles. The fraction of sp³-hybridized carbons (Fsp3) is 0.278. The minimum atomic E-state index is -0.789. The van der Waals surface area contributed by atoms with Gasteiger partial charge in [0.25, 0.3) is 5.91 Å². The number of anilines is 1. The van der Waals surface area contributed by atoms with Crippen molar-refractivity contribution in [3.63, 3.8) is 0 Å². The van der Waals surface area contributed by atoms with Crippen LogP contribution in [-0.4, -0.2) is 20.0 Å². The lowest BCUT2D eigenvalue weighted by molar-refractivity contribution is 0.0911. The standard InChI is InChI=1S/C18H21FN2O/c1-18(2,15-7-5-6-8-16(15)19)20-17(22)13-9-11-14(12-10-13)21(3)4/h5-12H,1-4H3,(H,20,22). The summed E-state index contributed by atoms with van der Waals surface area (Å²) in [5, 5.41) is 2.89. The monoisotopic (exact) mass is 300 g/mol. The Bertz CT molecular complexity index is 663. The van der Waals surface area contributed by atoms with Gasteiger partial charge in [-0.2, -0.15) is 0 Å². The SMILES string of the molecule is CN(C)c1ccc(C(=O)NC(C)(C)c2ccccc2F)cc1. The first kappa shape index (κ1) is 16.0. The van der Waals surface area contributed by atoms with Crippen LogP contribution in [0.4, 0.5) is 10.1 Å². The van der Waals surface area contributed by atoms with E-state index in [2.05, 4.69) is 5.32 Å². The maximum atomic E-state index is 13.9. The fourth-order valence-electron chi connectivity index (χ4n) is 2.30. The predicted molar refractivity (Wildman–Crippen MR) is 87.7 cm³/mol. The van der Waals surface area contributed by atoms with Gasteiger partial charge in [-0.3, -0.25) is 4.79 Å². The maximum absolute atomic E-state index is 13.9. The molecule has 0 heterocycles. The number of rotatable bonds is 4. The van der Waals surface area contributed by atoms with E-state index in [0.29, 0.717) is 11.1 Å². The number of hydrogen-bond donors (Lipinski definition) is 1. The minimum Gasteiger partial charge on any atom is -0.378 e. The molecule has 0 aliphatic carbocycles. The predicted octanol–water partition coefficient (Wildman–Crippen LogP) is 3.56. The topological polar surface area (TPSA) is 32.3 Å². The summed E-state index contributed by atoms with van der Waals surface area (Å²) in [7, 11) is 3.88. The molecule has 1 N–H and O–H groups in total. The molecule has 2 aromatic rings. The van der Waals surface area contributed by atoms with Crippen LogP contribution in [0, 0.1) is 5.82 Å². The Morgan fingerprint density at radius 2 is 1.64 bits per heavy atom. The van der Waals surface area contributed by atoms with Gasteiger partial charge in [-0.25, -0.2) is 4.39 Å². The van der Waals surface area contributed by atoms with Crippen molar-refractivity contribution >= 4 is 11.6 Å². The second kappa shape index (κ2) is 6.18. The summed E-state index contributed by atoms with van der Waals surface area (Å²) >= 11 is 0. The molecule has 0 aliphatic heterocycles. The van der Waals surface area contributed by atoms with E-state index in [9.17, 15) is 9.18 Å². The quantitative estimate of drug-likeness (QED) is 0.936. The van der Waals surface area contributed by atoms with Crippen molar-refractivity contribution in [3.05, 3.63) is 65.5 Å². The van der Waals surface area contributed by atoms with Crippen LogP contribution in [0.2, 0.25) is 0 Å². The first-order valence-electron chi connectivity index (χ1n) is 7.16. The highest BCUT2D eigenvalue weighted by Crippen LogP contribution is 2.23.